The lowest BCUT2D eigenvalue weighted by molar-refractivity contribution is -0.113. The molecule has 3 rings (SSSR count). The van der Waals surface area contributed by atoms with Gasteiger partial charge in [-0.05, 0) is 89.9 Å². The molecular weight excluding hydrogens is 585 g/mol. The summed E-state index contributed by atoms with van der Waals surface area (Å²) in [5, 5.41) is 15.8. The van der Waals surface area contributed by atoms with Gasteiger partial charge in [0.2, 0.25) is 5.91 Å². The minimum absolute atomic E-state index is 0.0760. The van der Waals surface area contributed by atoms with E-state index in [0.29, 0.717) is 21.6 Å². The first-order chi connectivity index (χ1) is 16.1. The molecule has 0 aliphatic rings. The van der Waals surface area contributed by atoms with E-state index in [1.54, 1.807) is 24.3 Å². The number of carbonyl (C=O) groups excluding carboxylic acids is 2. The molecule has 2 amide bonds. The Balaban J connectivity index is 1.68. The molecule has 3 aromatic rings. The highest BCUT2D eigenvalue weighted by atomic mass is 127. The van der Waals surface area contributed by atoms with Crippen LogP contribution in [0.2, 0.25) is 5.02 Å². The first-order valence-corrected chi connectivity index (χ1v) is 13.2. The number of nitrogens with one attached hydrogen (secondary N) is 2. The second-order valence-corrected chi connectivity index (χ2v) is 11.0. The topological polar surface area (TPSA) is 88.9 Å². The van der Waals surface area contributed by atoms with Gasteiger partial charge in [0.25, 0.3) is 5.91 Å². The largest absolute Gasteiger partial charge is 0.342 e. The maximum absolute atomic E-state index is 12.8. The van der Waals surface area contributed by atoms with Gasteiger partial charge in [0.15, 0.2) is 11.0 Å². The molecule has 180 valence electrons. The third-order valence-electron chi connectivity index (χ3n) is 5.30. The zero-order valence-corrected chi connectivity index (χ0v) is 23.4. The number of amides is 2. The zero-order valence-electron chi connectivity index (χ0n) is 19.6. The fraction of sp³-hybridized carbons (Fsp3) is 0.333. The van der Waals surface area contributed by atoms with E-state index in [1.807, 2.05) is 51.4 Å². The van der Waals surface area contributed by atoms with E-state index in [4.69, 9.17) is 11.6 Å². The number of thioether (sulfide) groups is 1. The van der Waals surface area contributed by atoms with Gasteiger partial charge in [-0.3, -0.25) is 9.59 Å². The highest BCUT2D eigenvalue weighted by molar-refractivity contribution is 14.1. The van der Waals surface area contributed by atoms with Crippen molar-refractivity contribution in [2.24, 2.45) is 13.0 Å². The number of benzene rings is 2. The molecule has 2 N–H and O–H groups in total. The Morgan fingerprint density at radius 1 is 1.12 bits per heavy atom. The van der Waals surface area contributed by atoms with Crippen molar-refractivity contribution >= 4 is 63.5 Å². The van der Waals surface area contributed by atoms with Gasteiger partial charge in [0, 0.05) is 26.9 Å². The van der Waals surface area contributed by atoms with E-state index in [0.717, 1.165) is 20.4 Å². The number of hydrogen-bond acceptors (Lipinski definition) is 5. The summed E-state index contributed by atoms with van der Waals surface area (Å²) in [6.45, 7) is 7.98. The molecule has 0 saturated heterocycles. The predicted octanol–water partition coefficient (Wildman–Crippen LogP) is 5.55. The third kappa shape index (κ3) is 6.51. The van der Waals surface area contributed by atoms with E-state index in [-0.39, 0.29) is 29.5 Å². The van der Waals surface area contributed by atoms with Crippen molar-refractivity contribution in [2.75, 3.05) is 11.1 Å². The number of rotatable bonds is 8. The maximum Gasteiger partial charge on any atom is 0.251 e. The number of aryl methyl sites for hydroxylation is 2. The van der Waals surface area contributed by atoms with Crippen LogP contribution in [0.5, 0.6) is 0 Å². The number of halogens is 2. The fourth-order valence-corrected chi connectivity index (χ4v) is 5.27. The smallest absolute Gasteiger partial charge is 0.251 e. The molecule has 1 atom stereocenters. The average Bonchev–Trinajstić information content (AvgIpc) is 3.13. The van der Waals surface area contributed by atoms with Gasteiger partial charge < -0.3 is 15.2 Å². The highest BCUT2D eigenvalue weighted by Crippen LogP contribution is 2.26. The van der Waals surface area contributed by atoms with E-state index < -0.39 is 0 Å². The molecule has 0 aliphatic heterocycles. The summed E-state index contributed by atoms with van der Waals surface area (Å²) in [6.07, 6.45) is 0. The number of anilines is 1. The van der Waals surface area contributed by atoms with E-state index in [1.165, 1.54) is 11.8 Å². The molecule has 7 nitrogen and oxygen atoms in total. The second kappa shape index (κ2) is 11.5. The van der Waals surface area contributed by atoms with Gasteiger partial charge in [-0.25, -0.2) is 0 Å². The molecule has 10 heteroatoms. The number of aromatic nitrogens is 3. The van der Waals surface area contributed by atoms with Crippen molar-refractivity contribution < 1.29 is 9.59 Å². The molecule has 0 radical (unpaired) electrons. The monoisotopic (exact) mass is 611 g/mol. The molecule has 34 heavy (non-hydrogen) atoms. The van der Waals surface area contributed by atoms with Crippen molar-refractivity contribution in [2.45, 2.75) is 38.9 Å². The second-order valence-electron chi connectivity index (χ2n) is 8.35. The van der Waals surface area contributed by atoms with Crippen LogP contribution in [0, 0.1) is 23.3 Å². The summed E-state index contributed by atoms with van der Waals surface area (Å²) in [7, 11) is 1.84. The van der Waals surface area contributed by atoms with Gasteiger partial charge in [0.1, 0.15) is 0 Å². The van der Waals surface area contributed by atoms with E-state index in [9.17, 15) is 9.59 Å². The van der Waals surface area contributed by atoms with Gasteiger partial charge in [-0.2, -0.15) is 0 Å². The van der Waals surface area contributed by atoms with Crippen LogP contribution in [0.1, 0.15) is 47.2 Å². The summed E-state index contributed by atoms with van der Waals surface area (Å²) < 4.78 is 2.96. The average molecular weight is 612 g/mol. The lowest BCUT2D eigenvalue weighted by atomic mass is 10.0. The lowest BCUT2D eigenvalue weighted by Gasteiger charge is -2.21. The van der Waals surface area contributed by atoms with Crippen LogP contribution >= 0.6 is 46.0 Å². The van der Waals surface area contributed by atoms with Crippen LogP contribution in [0.4, 0.5) is 5.69 Å². The summed E-state index contributed by atoms with van der Waals surface area (Å²) in [4.78, 5) is 25.4. The normalized spacial score (nSPS) is 12.0. The molecule has 0 aliphatic carbocycles. The summed E-state index contributed by atoms with van der Waals surface area (Å²) >= 11 is 9.50. The Kier molecular flexibility index (Phi) is 9.00. The van der Waals surface area contributed by atoms with Crippen LogP contribution in [-0.2, 0) is 11.8 Å². The van der Waals surface area contributed by atoms with Crippen LogP contribution in [-0.4, -0.2) is 32.3 Å². The minimum atomic E-state index is -0.346. The molecule has 1 aromatic heterocycles. The summed E-state index contributed by atoms with van der Waals surface area (Å²) in [5.41, 5.74) is 3.42. The summed E-state index contributed by atoms with van der Waals surface area (Å²) in [5.74, 6) is 0.575. The molecule has 0 saturated carbocycles. The van der Waals surface area contributed by atoms with Crippen LogP contribution in [0.3, 0.4) is 0 Å². The molecule has 2 aromatic carbocycles. The van der Waals surface area contributed by atoms with E-state index >= 15 is 0 Å². The molecule has 0 spiro atoms. The standard InChI is InChI=1S/C24H27ClIN5O2S/c1-13(2)20(28-23(33)16-6-8-17(25)9-7-16)22-29-30-24(31(22)5)34-12-19(32)27-21-14(3)10-18(26)11-15(21)4/h6-11,13,20H,12H2,1-5H3,(H,27,32)(H,28,33)/t20-/m1/s1. The van der Waals surface area contributed by atoms with Gasteiger partial charge in [0.05, 0.1) is 11.8 Å². The van der Waals surface area contributed by atoms with Crippen LogP contribution in [0.25, 0.3) is 0 Å². The Hall–Kier alpha value is -2.11. The van der Waals surface area contributed by atoms with Crippen molar-refractivity contribution in [1.29, 1.82) is 0 Å². The van der Waals surface area contributed by atoms with Gasteiger partial charge in [-0.15, -0.1) is 10.2 Å². The molecule has 0 bridgehead atoms. The molecule has 1 heterocycles. The fourth-order valence-electron chi connectivity index (χ4n) is 3.49. The van der Waals surface area contributed by atoms with Gasteiger partial charge in [-0.1, -0.05) is 37.2 Å². The number of hydrogen-bond donors (Lipinski definition) is 2. The first-order valence-electron chi connectivity index (χ1n) is 10.7. The third-order valence-corrected chi connectivity index (χ3v) is 7.20. The van der Waals surface area contributed by atoms with E-state index in [2.05, 4.69) is 43.4 Å². The van der Waals surface area contributed by atoms with Crippen molar-refractivity contribution in [3.8, 4) is 0 Å². The maximum atomic E-state index is 12.8. The Bertz CT molecular complexity index is 1170. The quantitative estimate of drug-likeness (QED) is 0.258. The van der Waals surface area contributed by atoms with Crippen molar-refractivity contribution in [3.63, 3.8) is 0 Å². The first kappa shape index (κ1) is 26.5. The highest BCUT2D eigenvalue weighted by Gasteiger charge is 2.25. The Morgan fingerprint density at radius 3 is 2.32 bits per heavy atom. The molecule has 0 unspecified atom stereocenters. The van der Waals surface area contributed by atoms with Crippen molar-refractivity contribution in [3.05, 3.63) is 67.5 Å². The SMILES string of the molecule is Cc1cc(I)cc(C)c1NC(=O)CSc1nnc([C@H](NC(=O)c2ccc(Cl)cc2)C(C)C)n1C. The summed E-state index contributed by atoms with van der Waals surface area (Å²) in [6, 6.07) is 10.5. The molecular formula is C24H27ClIN5O2S. The van der Waals surface area contributed by atoms with Crippen LogP contribution in [0.15, 0.2) is 41.6 Å². The Labute approximate surface area is 222 Å². The molecule has 0 fully saturated rings. The number of nitrogens with zero attached hydrogens (tertiary/aromatic N) is 3. The number of carbonyl (C=O) groups is 2. The predicted molar refractivity (Wildman–Crippen MR) is 145 cm³/mol. The zero-order chi connectivity index (χ0) is 25.0. The minimum Gasteiger partial charge on any atom is -0.342 e. The van der Waals surface area contributed by atoms with Crippen LogP contribution < -0.4 is 10.6 Å². The van der Waals surface area contributed by atoms with Gasteiger partial charge >= 0.3 is 0 Å². The Morgan fingerprint density at radius 2 is 1.74 bits per heavy atom. The van der Waals surface area contributed by atoms with Crippen molar-refractivity contribution in [1.82, 2.24) is 20.1 Å². The lowest BCUT2D eigenvalue weighted by Crippen LogP contribution is -2.33.